The number of nitrogens with one attached hydrogen (secondary N) is 1. The van der Waals surface area contributed by atoms with Crippen LogP contribution in [0.5, 0.6) is 0 Å². The number of fused-ring (bicyclic) bond motifs is 5. The average Bonchev–Trinajstić information content (AvgIpc) is 2.82. The molecule has 0 aromatic heterocycles. The standard InChI is InChI=1S/C15H16BrNO/c16-10-3-5-11(6-4-10)17-15(18)14-12-8-1-2-9(7-8)13(12)14/h3-6,8-9,12-14H,1-2,7H2,(H,17,18)/t8-,9-,12-,13+,14?/m0/s1. The molecule has 1 N–H and O–H groups in total. The zero-order chi connectivity index (χ0) is 12.3. The average molecular weight is 306 g/mol. The molecular weight excluding hydrogens is 290 g/mol. The molecule has 94 valence electrons. The van der Waals surface area contributed by atoms with Crippen molar-refractivity contribution in [3.8, 4) is 0 Å². The van der Waals surface area contributed by atoms with Gasteiger partial charge in [0, 0.05) is 16.1 Å². The Morgan fingerprint density at radius 1 is 1.11 bits per heavy atom. The van der Waals surface area contributed by atoms with E-state index in [1.807, 2.05) is 24.3 Å². The van der Waals surface area contributed by atoms with Gasteiger partial charge >= 0.3 is 0 Å². The van der Waals surface area contributed by atoms with E-state index in [1.54, 1.807) is 0 Å². The second-order valence-corrected chi connectivity index (χ2v) is 6.93. The highest BCUT2D eigenvalue weighted by Crippen LogP contribution is 2.69. The van der Waals surface area contributed by atoms with Crippen LogP contribution in [0.25, 0.3) is 0 Å². The Hall–Kier alpha value is -0.830. The van der Waals surface area contributed by atoms with Crippen molar-refractivity contribution in [1.82, 2.24) is 0 Å². The van der Waals surface area contributed by atoms with Crippen LogP contribution in [0.4, 0.5) is 5.69 Å². The van der Waals surface area contributed by atoms with Crippen molar-refractivity contribution < 1.29 is 4.79 Å². The molecule has 2 nitrogen and oxygen atoms in total. The first-order chi connectivity index (χ1) is 8.74. The highest BCUT2D eigenvalue weighted by molar-refractivity contribution is 9.10. The van der Waals surface area contributed by atoms with E-state index >= 15 is 0 Å². The molecule has 3 heteroatoms. The van der Waals surface area contributed by atoms with E-state index in [0.29, 0.717) is 5.92 Å². The zero-order valence-electron chi connectivity index (χ0n) is 10.1. The molecule has 5 atom stereocenters. The molecule has 3 aliphatic rings. The molecule has 0 spiro atoms. The maximum absolute atomic E-state index is 12.3. The molecule has 2 bridgehead atoms. The number of anilines is 1. The SMILES string of the molecule is O=C(Nc1ccc(Br)cc1)C1[C@@H]2[C@H]3CC[C@@H](C3)[C@H]12. The van der Waals surface area contributed by atoms with Crippen LogP contribution in [0, 0.1) is 29.6 Å². The maximum Gasteiger partial charge on any atom is 0.228 e. The minimum absolute atomic E-state index is 0.254. The third-order valence-electron chi connectivity index (χ3n) is 5.15. The van der Waals surface area contributed by atoms with E-state index in [0.717, 1.165) is 33.8 Å². The largest absolute Gasteiger partial charge is 0.326 e. The molecule has 4 rings (SSSR count). The van der Waals surface area contributed by atoms with E-state index in [-0.39, 0.29) is 5.91 Å². The summed E-state index contributed by atoms with van der Waals surface area (Å²) in [5, 5.41) is 3.07. The summed E-state index contributed by atoms with van der Waals surface area (Å²) in [5.74, 6) is 3.74. The van der Waals surface area contributed by atoms with Crippen molar-refractivity contribution in [2.24, 2.45) is 29.6 Å². The van der Waals surface area contributed by atoms with Crippen LogP contribution in [-0.4, -0.2) is 5.91 Å². The van der Waals surface area contributed by atoms with Gasteiger partial charge in [0.25, 0.3) is 0 Å². The minimum Gasteiger partial charge on any atom is -0.326 e. The number of hydrogen-bond donors (Lipinski definition) is 1. The second kappa shape index (κ2) is 3.83. The van der Waals surface area contributed by atoms with Gasteiger partial charge in [-0.3, -0.25) is 4.79 Å². The first kappa shape index (κ1) is 11.0. The summed E-state index contributed by atoms with van der Waals surface area (Å²) < 4.78 is 1.04. The molecule has 1 amide bonds. The lowest BCUT2D eigenvalue weighted by atomic mass is 10.0. The fourth-order valence-electron chi connectivity index (χ4n) is 4.43. The van der Waals surface area contributed by atoms with E-state index in [2.05, 4.69) is 21.2 Å². The van der Waals surface area contributed by atoms with Gasteiger partial charge in [-0.05, 0) is 67.2 Å². The zero-order valence-corrected chi connectivity index (χ0v) is 11.7. The normalized spacial score (nSPS) is 39.5. The van der Waals surface area contributed by atoms with Gasteiger partial charge < -0.3 is 5.32 Å². The number of hydrogen-bond acceptors (Lipinski definition) is 1. The van der Waals surface area contributed by atoms with Crippen molar-refractivity contribution in [3.63, 3.8) is 0 Å². The van der Waals surface area contributed by atoms with Crippen molar-refractivity contribution >= 4 is 27.5 Å². The van der Waals surface area contributed by atoms with Crippen molar-refractivity contribution in [2.75, 3.05) is 5.32 Å². The van der Waals surface area contributed by atoms with Gasteiger partial charge in [0.15, 0.2) is 0 Å². The summed E-state index contributed by atoms with van der Waals surface area (Å²) in [7, 11) is 0. The molecule has 3 saturated carbocycles. The third-order valence-corrected chi connectivity index (χ3v) is 5.68. The Bertz CT molecular complexity index is 482. The van der Waals surface area contributed by atoms with Crippen LogP contribution >= 0.6 is 15.9 Å². The van der Waals surface area contributed by atoms with Gasteiger partial charge in [-0.15, -0.1) is 0 Å². The molecule has 0 saturated heterocycles. The Labute approximate surface area is 115 Å². The molecule has 3 fully saturated rings. The predicted octanol–water partition coefficient (Wildman–Crippen LogP) is 3.68. The Kier molecular flexibility index (Phi) is 2.35. The number of carbonyl (C=O) groups excluding carboxylic acids is 1. The summed E-state index contributed by atoms with van der Waals surface area (Å²) in [6.45, 7) is 0. The number of carbonyl (C=O) groups is 1. The first-order valence-electron chi connectivity index (χ1n) is 6.80. The van der Waals surface area contributed by atoms with Crippen LogP contribution in [0.3, 0.4) is 0 Å². The summed E-state index contributed by atoms with van der Waals surface area (Å²) in [4.78, 5) is 12.3. The van der Waals surface area contributed by atoms with Crippen LogP contribution in [-0.2, 0) is 4.79 Å². The Morgan fingerprint density at radius 3 is 2.33 bits per heavy atom. The lowest BCUT2D eigenvalue weighted by Crippen LogP contribution is -2.18. The predicted molar refractivity (Wildman–Crippen MR) is 74.1 cm³/mol. The number of amides is 1. The molecule has 1 aromatic carbocycles. The quantitative estimate of drug-likeness (QED) is 0.887. The van der Waals surface area contributed by atoms with Gasteiger partial charge in [0.05, 0.1) is 0 Å². The summed E-state index contributed by atoms with van der Waals surface area (Å²) in [5.41, 5.74) is 0.917. The maximum atomic E-state index is 12.3. The second-order valence-electron chi connectivity index (χ2n) is 6.01. The third kappa shape index (κ3) is 1.56. The van der Waals surface area contributed by atoms with Gasteiger partial charge in [-0.25, -0.2) is 0 Å². The number of benzene rings is 1. The lowest BCUT2D eigenvalue weighted by molar-refractivity contribution is -0.118. The molecule has 0 aliphatic heterocycles. The summed E-state index contributed by atoms with van der Waals surface area (Å²) >= 11 is 3.40. The van der Waals surface area contributed by atoms with E-state index < -0.39 is 0 Å². The molecule has 18 heavy (non-hydrogen) atoms. The smallest absolute Gasteiger partial charge is 0.228 e. The van der Waals surface area contributed by atoms with E-state index in [4.69, 9.17) is 0 Å². The molecule has 0 radical (unpaired) electrons. The molecule has 0 heterocycles. The van der Waals surface area contributed by atoms with Crippen LogP contribution in [0.15, 0.2) is 28.7 Å². The highest BCUT2D eigenvalue weighted by atomic mass is 79.9. The van der Waals surface area contributed by atoms with Crippen molar-refractivity contribution in [3.05, 3.63) is 28.7 Å². The van der Waals surface area contributed by atoms with Crippen LogP contribution < -0.4 is 5.32 Å². The fourth-order valence-corrected chi connectivity index (χ4v) is 4.70. The Balaban J connectivity index is 1.45. The number of rotatable bonds is 2. The minimum atomic E-state index is 0.254. The van der Waals surface area contributed by atoms with Gasteiger partial charge in [-0.1, -0.05) is 15.9 Å². The fraction of sp³-hybridized carbons (Fsp3) is 0.533. The summed E-state index contributed by atoms with van der Waals surface area (Å²) in [6.07, 6.45) is 4.14. The topological polar surface area (TPSA) is 29.1 Å². The van der Waals surface area contributed by atoms with Gasteiger partial charge in [0.1, 0.15) is 0 Å². The van der Waals surface area contributed by atoms with Crippen LogP contribution in [0.1, 0.15) is 19.3 Å². The van der Waals surface area contributed by atoms with E-state index in [1.165, 1.54) is 19.3 Å². The monoisotopic (exact) mass is 305 g/mol. The number of halogens is 1. The van der Waals surface area contributed by atoms with Crippen LogP contribution in [0.2, 0.25) is 0 Å². The highest BCUT2D eigenvalue weighted by Gasteiger charge is 2.67. The van der Waals surface area contributed by atoms with E-state index in [9.17, 15) is 4.79 Å². The summed E-state index contributed by atoms with van der Waals surface area (Å²) in [6, 6.07) is 7.84. The molecule has 1 unspecified atom stereocenters. The Morgan fingerprint density at radius 2 is 1.72 bits per heavy atom. The first-order valence-corrected chi connectivity index (χ1v) is 7.60. The molecular formula is C15H16BrNO. The van der Waals surface area contributed by atoms with Gasteiger partial charge in [-0.2, -0.15) is 0 Å². The molecule has 1 aromatic rings. The van der Waals surface area contributed by atoms with Crippen molar-refractivity contribution in [2.45, 2.75) is 19.3 Å². The van der Waals surface area contributed by atoms with Gasteiger partial charge in [0.2, 0.25) is 5.91 Å². The lowest BCUT2D eigenvalue weighted by Gasteiger charge is -2.09. The van der Waals surface area contributed by atoms with Crippen molar-refractivity contribution in [1.29, 1.82) is 0 Å². The molecule has 3 aliphatic carbocycles.